The van der Waals surface area contributed by atoms with E-state index in [-0.39, 0.29) is 10.8 Å². The molecule has 0 fully saturated rings. The predicted octanol–water partition coefficient (Wildman–Crippen LogP) is 11.0. The number of imidazole rings is 1. The van der Waals surface area contributed by atoms with Gasteiger partial charge in [0.1, 0.15) is 23.1 Å². The average Bonchev–Trinajstić information content (AvgIpc) is 3.61. The zero-order valence-electron chi connectivity index (χ0n) is 30.2. The first-order chi connectivity index (χ1) is 24.0. The fraction of sp³-hybridized carbons (Fsp3) is 0.302. The Morgan fingerprint density at radius 3 is 2.30 bits per heavy atom. The maximum Gasteiger partial charge on any atom is 0.137 e. The summed E-state index contributed by atoms with van der Waals surface area (Å²) in [5, 5.41) is 9.40. The molecule has 0 amide bonds. The van der Waals surface area contributed by atoms with Crippen LogP contribution in [0.1, 0.15) is 71.3 Å². The Morgan fingerprint density at radius 2 is 1.50 bits per heavy atom. The number of ether oxygens (including phenoxy) is 1. The first-order valence-corrected chi connectivity index (χ1v) is 17.8. The van der Waals surface area contributed by atoms with E-state index in [1.165, 1.54) is 46.1 Å². The van der Waals surface area contributed by atoms with E-state index in [1.807, 2.05) is 31.4 Å². The molecule has 1 aliphatic heterocycles. The highest BCUT2D eigenvalue weighted by Crippen LogP contribution is 2.39. The quantitative estimate of drug-likeness (QED) is 0.185. The van der Waals surface area contributed by atoms with Crippen LogP contribution in [0.4, 0.5) is 17.1 Å². The highest BCUT2D eigenvalue weighted by molar-refractivity contribution is 6.09. The van der Waals surface area contributed by atoms with E-state index < -0.39 is 0 Å². The van der Waals surface area contributed by atoms with E-state index in [0.29, 0.717) is 0 Å². The van der Waals surface area contributed by atoms with Gasteiger partial charge in [-0.15, -0.1) is 0 Å². The lowest BCUT2D eigenvalue weighted by Crippen LogP contribution is -2.12. The van der Waals surface area contributed by atoms with Crippen LogP contribution in [0.25, 0.3) is 38.7 Å². The second-order valence-corrected chi connectivity index (χ2v) is 15.7. The zero-order valence-corrected chi connectivity index (χ0v) is 30.2. The van der Waals surface area contributed by atoms with E-state index in [1.54, 1.807) is 0 Å². The largest absolute Gasteiger partial charge is 0.457 e. The molecule has 0 bridgehead atoms. The van der Waals surface area contributed by atoms with Gasteiger partial charge in [0.15, 0.2) is 0 Å². The number of nitrogens with zero attached hydrogens (tertiary/aromatic N) is 4. The lowest BCUT2D eigenvalue weighted by atomic mass is 9.86. The van der Waals surface area contributed by atoms with Gasteiger partial charge in [-0.1, -0.05) is 53.7 Å². The summed E-state index contributed by atoms with van der Waals surface area (Å²) in [5.74, 6) is 3.61. The van der Waals surface area contributed by atoms with Gasteiger partial charge in [0.05, 0.1) is 33.4 Å². The van der Waals surface area contributed by atoms with E-state index in [2.05, 4.69) is 128 Å². The van der Waals surface area contributed by atoms with Crippen LogP contribution in [-0.4, -0.2) is 26.1 Å². The molecule has 7 heteroatoms. The third-order valence-corrected chi connectivity index (χ3v) is 10.1. The molecule has 0 atom stereocenters. The van der Waals surface area contributed by atoms with E-state index in [4.69, 9.17) is 14.7 Å². The second-order valence-electron chi connectivity index (χ2n) is 15.7. The van der Waals surface area contributed by atoms with Gasteiger partial charge in [-0.05, 0) is 95.5 Å². The molecular formula is C43H46N6O. The second kappa shape index (κ2) is 11.9. The summed E-state index contributed by atoms with van der Waals surface area (Å²) in [5.41, 5.74) is 9.95. The van der Waals surface area contributed by atoms with Gasteiger partial charge in [-0.3, -0.25) is 4.57 Å². The molecule has 7 nitrogen and oxygen atoms in total. The molecule has 1 aliphatic rings. The molecule has 50 heavy (non-hydrogen) atoms. The summed E-state index contributed by atoms with van der Waals surface area (Å²) in [4.78, 5) is 9.86. The lowest BCUT2D eigenvalue weighted by Gasteiger charge is -2.20. The van der Waals surface area contributed by atoms with Crippen LogP contribution < -0.4 is 15.4 Å². The molecule has 254 valence electrons. The zero-order chi connectivity index (χ0) is 34.8. The van der Waals surface area contributed by atoms with Crippen LogP contribution in [-0.2, 0) is 23.8 Å². The summed E-state index contributed by atoms with van der Waals surface area (Å²) in [6.45, 7) is 14.5. The van der Waals surface area contributed by atoms with Crippen molar-refractivity contribution in [1.82, 2.24) is 19.1 Å². The molecule has 3 aromatic heterocycles. The Kier molecular flexibility index (Phi) is 7.62. The van der Waals surface area contributed by atoms with Crippen LogP contribution in [0, 0.1) is 0 Å². The number of benzene rings is 4. The van der Waals surface area contributed by atoms with Gasteiger partial charge >= 0.3 is 0 Å². The van der Waals surface area contributed by atoms with Gasteiger partial charge in [0.25, 0.3) is 0 Å². The number of nitrogens with one attached hydrogen (secondary N) is 2. The number of anilines is 3. The SMILES string of the molecule is CNc1cc2c(cc1Nc1cccc(Oc3ccc4c5cc(C(C)(C)C)ccc5n(-c5cc(C(C)(C)C)ccn5)c4c3)c1)nc1n2CCCC1. The third-order valence-electron chi connectivity index (χ3n) is 10.1. The van der Waals surface area contributed by atoms with Gasteiger partial charge in [0.2, 0.25) is 0 Å². The normalized spacial score (nSPS) is 13.6. The highest BCUT2D eigenvalue weighted by atomic mass is 16.5. The number of aromatic nitrogens is 4. The Hall–Kier alpha value is -5.30. The Bertz CT molecular complexity index is 2400. The van der Waals surface area contributed by atoms with Crippen LogP contribution in [0.3, 0.4) is 0 Å². The van der Waals surface area contributed by atoms with Crippen LogP contribution in [0.2, 0.25) is 0 Å². The number of hydrogen-bond donors (Lipinski definition) is 2. The molecule has 7 aromatic rings. The lowest BCUT2D eigenvalue weighted by molar-refractivity contribution is 0.483. The average molecular weight is 663 g/mol. The van der Waals surface area contributed by atoms with E-state index >= 15 is 0 Å². The summed E-state index contributed by atoms with van der Waals surface area (Å²) < 4.78 is 11.2. The van der Waals surface area contributed by atoms with Crippen molar-refractivity contribution in [2.45, 2.75) is 78.2 Å². The van der Waals surface area contributed by atoms with Gasteiger partial charge in [-0.25, -0.2) is 9.97 Å². The first-order valence-electron chi connectivity index (χ1n) is 17.8. The van der Waals surface area contributed by atoms with Crippen molar-refractivity contribution in [3.63, 3.8) is 0 Å². The molecule has 0 aliphatic carbocycles. The van der Waals surface area contributed by atoms with Crippen LogP contribution >= 0.6 is 0 Å². The van der Waals surface area contributed by atoms with Crippen molar-refractivity contribution in [2.24, 2.45) is 0 Å². The molecule has 0 saturated carbocycles. The van der Waals surface area contributed by atoms with Crippen LogP contribution in [0.15, 0.2) is 91.1 Å². The fourth-order valence-corrected chi connectivity index (χ4v) is 7.24. The molecule has 0 unspecified atom stereocenters. The Morgan fingerprint density at radius 1 is 0.700 bits per heavy atom. The van der Waals surface area contributed by atoms with Crippen molar-refractivity contribution in [3.8, 4) is 17.3 Å². The minimum absolute atomic E-state index is 0.000961. The maximum absolute atomic E-state index is 6.58. The molecule has 0 radical (unpaired) electrons. The summed E-state index contributed by atoms with van der Waals surface area (Å²) in [6.07, 6.45) is 5.37. The molecule has 0 saturated heterocycles. The number of rotatable bonds is 6. The molecule has 4 heterocycles. The third kappa shape index (κ3) is 5.74. The number of fused-ring (bicyclic) bond motifs is 6. The van der Waals surface area contributed by atoms with Crippen molar-refractivity contribution < 1.29 is 4.74 Å². The van der Waals surface area contributed by atoms with Crippen molar-refractivity contribution in [1.29, 1.82) is 0 Å². The molecule has 8 rings (SSSR count). The highest BCUT2D eigenvalue weighted by Gasteiger charge is 2.21. The fourth-order valence-electron chi connectivity index (χ4n) is 7.24. The number of aryl methyl sites for hydroxylation is 2. The molecule has 0 spiro atoms. The maximum atomic E-state index is 6.58. The van der Waals surface area contributed by atoms with Gasteiger partial charge in [-0.2, -0.15) is 0 Å². The Balaban J connectivity index is 1.17. The number of pyridine rings is 1. The molecule has 2 N–H and O–H groups in total. The Labute approximate surface area is 294 Å². The van der Waals surface area contributed by atoms with Crippen molar-refractivity contribution in [2.75, 3.05) is 17.7 Å². The van der Waals surface area contributed by atoms with Crippen molar-refractivity contribution >= 4 is 49.9 Å². The minimum atomic E-state index is 0.000961. The smallest absolute Gasteiger partial charge is 0.137 e. The minimum Gasteiger partial charge on any atom is -0.457 e. The monoisotopic (exact) mass is 662 g/mol. The summed E-state index contributed by atoms with van der Waals surface area (Å²) in [7, 11) is 1.97. The summed E-state index contributed by atoms with van der Waals surface area (Å²) in [6, 6.07) is 30.1. The van der Waals surface area contributed by atoms with E-state index in [9.17, 15) is 0 Å². The molecule has 4 aromatic carbocycles. The van der Waals surface area contributed by atoms with Gasteiger partial charge in [0, 0.05) is 54.8 Å². The predicted molar refractivity (Wildman–Crippen MR) is 208 cm³/mol. The summed E-state index contributed by atoms with van der Waals surface area (Å²) >= 11 is 0. The van der Waals surface area contributed by atoms with Gasteiger partial charge < -0.3 is 19.9 Å². The molecular weight excluding hydrogens is 617 g/mol. The van der Waals surface area contributed by atoms with E-state index in [0.717, 1.165) is 63.9 Å². The van der Waals surface area contributed by atoms with Crippen molar-refractivity contribution in [3.05, 3.63) is 108 Å². The first kappa shape index (κ1) is 31.9. The topological polar surface area (TPSA) is 68.9 Å². The standard InChI is InChI=1S/C43H46N6O/c1-42(2,3)27-14-17-37-33(21-27)32-16-15-31(24-38(32)49(37)41-22-28(18-19-45-41)43(4,5)6)50-30-12-10-11-29(23-30)46-35-25-36-39(26-34(35)44-7)48-20-9-8-13-40(48)47-36/h10-12,14-19,21-26,44,46H,8-9,13,20H2,1-7H3. The van der Waals surface area contributed by atoms with Crippen LogP contribution in [0.5, 0.6) is 11.5 Å². The number of hydrogen-bond acceptors (Lipinski definition) is 5.